The Balaban J connectivity index is 1.62. The minimum Gasteiger partial charge on any atom is -0.466 e. The monoisotopic (exact) mass is 475 g/mol. The van der Waals surface area contributed by atoms with Crippen LogP contribution in [0.5, 0.6) is 0 Å². The van der Waals surface area contributed by atoms with E-state index >= 15 is 0 Å². The number of carbonyl (C=O) groups excluding carboxylic acids is 1. The zero-order valence-corrected chi connectivity index (χ0v) is 18.7. The molecule has 2 aromatic heterocycles. The van der Waals surface area contributed by atoms with Gasteiger partial charge in [-0.05, 0) is 55.0 Å². The van der Waals surface area contributed by atoms with Crippen LogP contribution in [0.4, 0.5) is 20.2 Å². The van der Waals surface area contributed by atoms with Crippen LogP contribution >= 0.6 is 22.9 Å². The molecule has 0 aliphatic carbocycles. The number of halogens is 3. The highest BCUT2D eigenvalue weighted by Crippen LogP contribution is 2.36. The highest BCUT2D eigenvalue weighted by molar-refractivity contribution is 7.19. The number of alkyl halides is 2. The first-order valence-corrected chi connectivity index (χ1v) is 11.2. The van der Waals surface area contributed by atoms with E-state index in [1.807, 2.05) is 42.5 Å². The Bertz CT molecular complexity index is 1240. The van der Waals surface area contributed by atoms with Crippen LogP contribution in [-0.4, -0.2) is 28.8 Å². The normalized spacial score (nSPS) is 11.3. The van der Waals surface area contributed by atoms with Crippen molar-refractivity contribution in [1.29, 1.82) is 0 Å². The lowest BCUT2D eigenvalue weighted by molar-refractivity contribution is -0.142. The van der Waals surface area contributed by atoms with Crippen molar-refractivity contribution in [1.82, 2.24) is 9.78 Å². The van der Waals surface area contributed by atoms with Crippen LogP contribution < -0.4 is 5.32 Å². The lowest BCUT2D eigenvalue weighted by Gasteiger charge is -2.09. The molecular formula is C23H20ClF2N3O2S. The molecule has 5 nitrogen and oxygen atoms in total. The average molecular weight is 476 g/mol. The number of rotatable bonds is 8. The number of carbonyl (C=O) groups is 1. The molecule has 1 N–H and O–H groups in total. The number of fused-ring (bicyclic) bond motifs is 1. The summed E-state index contributed by atoms with van der Waals surface area (Å²) in [6.07, 6.45) is -2.29. The van der Waals surface area contributed by atoms with Gasteiger partial charge in [0.05, 0.1) is 27.8 Å². The summed E-state index contributed by atoms with van der Waals surface area (Å²) in [5.74, 6) is -0.263. The SMILES string of the molecule is CCOC(=O)Cc1ccc(Nc2ccc3c(c2)c(-c2ccc(Cl)s2)nn3CC(F)F)cc1. The van der Waals surface area contributed by atoms with Gasteiger partial charge in [-0.2, -0.15) is 5.10 Å². The Morgan fingerprint density at radius 2 is 1.91 bits per heavy atom. The van der Waals surface area contributed by atoms with Gasteiger partial charge in [0.25, 0.3) is 6.43 Å². The van der Waals surface area contributed by atoms with Crippen LogP contribution in [0.3, 0.4) is 0 Å². The van der Waals surface area contributed by atoms with Crippen molar-refractivity contribution >= 4 is 51.2 Å². The number of aromatic nitrogens is 2. The van der Waals surface area contributed by atoms with Crippen LogP contribution in [-0.2, 0) is 22.5 Å². The number of hydrogen-bond donors (Lipinski definition) is 1. The second kappa shape index (κ2) is 9.67. The third-order valence-corrected chi connectivity index (χ3v) is 6.00. The fourth-order valence-electron chi connectivity index (χ4n) is 3.40. The molecule has 0 fully saturated rings. The maximum absolute atomic E-state index is 13.1. The number of anilines is 2. The Morgan fingerprint density at radius 1 is 1.16 bits per heavy atom. The third-order valence-electron chi connectivity index (χ3n) is 4.76. The molecule has 0 amide bonds. The predicted octanol–water partition coefficient (Wildman–Crippen LogP) is 6.53. The molecule has 0 saturated heterocycles. The fourth-order valence-corrected chi connectivity index (χ4v) is 4.44. The average Bonchev–Trinajstić information content (AvgIpc) is 3.33. The summed E-state index contributed by atoms with van der Waals surface area (Å²) in [5, 5.41) is 8.50. The van der Waals surface area contributed by atoms with Crippen LogP contribution in [0.1, 0.15) is 12.5 Å². The predicted molar refractivity (Wildman–Crippen MR) is 124 cm³/mol. The summed E-state index contributed by atoms with van der Waals surface area (Å²) in [4.78, 5) is 12.4. The van der Waals surface area contributed by atoms with E-state index in [0.717, 1.165) is 27.2 Å². The molecular weight excluding hydrogens is 456 g/mol. The lowest BCUT2D eigenvalue weighted by Crippen LogP contribution is -2.07. The molecule has 4 rings (SSSR count). The van der Waals surface area contributed by atoms with Gasteiger partial charge < -0.3 is 10.1 Å². The molecule has 4 aromatic rings. The fraction of sp³-hybridized carbons (Fsp3) is 0.217. The molecule has 9 heteroatoms. The van der Waals surface area contributed by atoms with Gasteiger partial charge in [0.2, 0.25) is 0 Å². The molecule has 0 atom stereocenters. The van der Waals surface area contributed by atoms with Gasteiger partial charge in [-0.1, -0.05) is 23.7 Å². The van der Waals surface area contributed by atoms with Gasteiger partial charge >= 0.3 is 5.97 Å². The van der Waals surface area contributed by atoms with Crippen LogP contribution in [0.2, 0.25) is 4.34 Å². The first-order valence-electron chi connectivity index (χ1n) is 9.99. The lowest BCUT2D eigenvalue weighted by atomic mass is 10.1. The van der Waals surface area contributed by atoms with E-state index in [0.29, 0.717) is 22.2 Å². The Hall–Kier alpha value is -2.97. The molecule has 2 aromatic carbocycles. The number of benzene rings is 2. The van der Waals surface area contributed by atoms with Crippen molar-refractivity contribution in [2.24, 2.45) is 0 Å². The number of esters is 1. The molecule has 32 heavy (non-hydrogen) atoms. The molecule has 0 saturated carbocycles. The van der Waals surface area contributed by atoms with Gasteiger partial charge in [-0.15, -0.1) is 11.3 Å². The van der Waals surface area contributed by atoms with Gasteiger partial charge in [0, 0.05) is 16.8 Å². The molecule has 2 heterocycles. The standard InChI is InChI=1S/C23H20ClF2N3O2S/c1-2-31-22(30)11-14-3-5-15(6-4-14)27-16-7-8-18-17(12-16)23(19-9-10-20(24)32-19)28-29(18)13-21(25)26/h3-10,12,21,27H,2,11,13H2,1H3. The number of ether oxygens (including phenoxy) is 1. The van der Waals surface area contributed by atoms with Crippen LogP contribution in [0.15, 0.2) is 54.6 Å². The smallest absolute Gasteiger partial charge is 0.310 e. The van der Waals surface area contributed by atoms with E-state index < -0.39 is 13.0 Å². The summed E-state index contributed by atoms with van der Waals surface area (Å²) < 4.78 is 33.0. The number of thiophene rings is 1. The summed E-state index contributed by atoms with van der Waals surface area (Å²) in [6.45, 7) is 1.65. The van der Waals surface area contributed by atoms with Gasteiger partial charge in [0.1, 0.15) is 12.2 Å². The Kier molecular flexibility index (Phi) is 6.72. The number of nitrogens with zero attached hydrogens (tertiary/aromatic N) is 2. The van der Waals surface area contributed by atoms with Crippen molar-refractivity contribution in [3.05, 3.63) is 64.5 Å². The first-order chi connectivity index (χ1) is 15.4. The van der Waals surface area contributed by atoms with E-state index in [2.05, 4.69) is 10.4 Å². The maximum atomic E-state index is 13.1. The zero-order valence-electron chi connectivity index (χ0n) is 17.1. The molecule has 166 valence electrons. The molecule has 0 radical (unpaired) electrons. The van der Waals surface area contributed by atoms with Gasteiger partial charge in [-0.25, -0.2) is 8.78 Å². The number of hydrogen-bond acceptors (Lipinski definition) is 5. The molecule has 0 spiro atoms. The van der Waals surface area contributed by atoms with Crippen molar-refractivity contribution in [2.75, 3.05) is 11.9 Å². The van der Waals surface area contributed by atoms with Crippen molar-refractivity contribution in [2.45, 2.75) is 26.3 Å². The molecule has 0 unspecified atom stereocenters. The minimum atomic E-state index is -2.51. The van der Waals surface area contributed by atoms with Crippen molar-refractivity contribution in [3.8, 4) is 10.6 Å². The van der Waals surface area contributed by atoms with Crippen molar-refractivity contribution in [3.63, 3.8) is 0 Å². The van der Waals surface area contributed by atoms with Crippen LogP contribution in [0, 0.1) is 0 Å². The minimum absolute atomic E-state index is 0.218. The molecule has 0 bridgehead atoms. The third kappa shape index (κ3) is 5.08. The summed E-state index contributed by atoms with van der Waals surface area (Å²) in [7, 11) is 0. The van der Waals surface area contributed by atoms with Gasteiger partial charge in [-0.3, -0.25) is 9.48 Å². The molecule has 0 aliphatic rings. The largest absolute Gasteiger partial charge is 0.466 e. The second-order valence-electron chi connectivity index (χ2n) is 7.06. The first kappa shape index (κ1) is 22.2. The van der Waals surface area contributed by atoms with E-state index in [9.17, 15) is 13.6 Å². The topological polar surface area (TPSA) is 56.1 Å². The van der Waals surface area contributed by atoms with E-state index in [1.165, 1.54) is 16.0 Å². The summed E-state index contributed by atoms with van der Waals surface area (Å²) >= 11 is 7.43. The Labute approximate surface area is 192 Å². The van der Waals surface area contributed by atoms with Crippen LogP contribution in [0.25, 0.3) is 21.5 Å². The molecule has 0 aliphatic heterocycles. The summed E-state index contributed by atoms with van der Waals surface area (Å²) in [6, 6.07) is 16.6. The zero-order chi connectivity index (χ0) is 22.7. The summed E-state index contributed by atoms with van der Waals surface area (Å²) in [5.41, 5.74) is 3.72. The van der Waals surface area contributed by atoms with E-state index in [4.69, 9.17) is 16.3 Å². The number of nitrogens with one attached hydrogen (secondary N) is 1. The Morgan fingerprint density at radius 3 is 2.56 bits per heavy atom. The van der Waals surface area contributed by atoms with Gasteiger partial charge in [0.15, 0.2) is 0 Å². The van der Waals surface area contributed by atoms with E-state index in [-0.39, 0.29) is 12.4 Å². The highest BCUT2D eigenvalue weighted by Gasteiger charge is 2.17. The second-order valence-corrected chi connectivity index (χ2v) is 8.78. The van der Waals surface area contributed by atoms with Crippen molar-refractivity contribution < 1.29 is 18.3 Å². The maximum Gasteiger partial charge on any atom is 0.310 e. The highest BCUT2D eigenvalue weighted by atomic mass is 35.5. The van der Waals surface area contributed by atoms with E-state index in [1.54, 1.807) is 19.1 Å². The quantitative estimate of drug-likeness (QED) is 0.294.